The van der Waals surface area contributed by atoms with Crippen molar-refractivity contribution in [1.82, 2.24) is 10.2 Å². The Morgan fingerprint density at radius 1 is 1.09 bits per heavy atom. The van der Waals surface area contributed by atoms with Gasteiger partial charge in [-0.3, -0.25) is 9.69 Å². The van der Waals surface area contributed by atoms with E-state index >= 15 is 0 Å². The van der Waals surface area contributed by atoms with Crippen LogP contribution >= 0.6 is 0 Å². The van der Waals surface area contributed by atoms with Gasteiger partial charge in [0.1, 0.15) is 11.4 Å². The molecule has 7 heteroatoms. The molecular formula is C27H27FN2O4. The number of carbonyl (C=O) groups is 1. The van der Waals surface area contributed by atoms with E-state index in [-0.39, 0.29) is 17.5 Å². The summed E-state index contributed by atoms with van der Waals surface area (Å²) >= 11 is 0. The first-order valence-corrected chi connectivity index (χ1v) is 11.5. The second-order valence-electron chi connectivity index (χ2n) is 8.94. The van der Waals surface area contributed by atoms with Crippen LogP contribution in [0.5, 0.6) is 0 Å². The van der Waals surface area contributed by atoms with Gasteiger partial charge in [0.05, 0.1) is 18.1 Å². The molecule has 1 amide bonds. The minimum Gasteiger partial charge on any atom is -0.472 e. The van der Waals surface area contributed by atoms with Crippen molar-refractivity contribution in [3.05, 3.63) is 95.4 Å². The highest BCUT2D eigenvalue weighted by molar-refractivity contribution is 5.96. The molecule has 0 aliphatic carbocycles. The molecule has 2 aromatic carbocycles. The highest BCUT2D eigenvalue weighted by atomic mass is 19.1. The van der Waals surface area contributed by atoms with Gasteiger partial charge in [-0.25, -0.2) is 4.39 Å². The number of rotatable bonds is 7. The third kappa shape index (κ3) is 4.90. The summed E-state index contributed by atoms with van der Waals surface area (Å²) < 4.78 is 24.2. The molecular weight excluding hydrogens is 435 g/mol. The number of hydrogen-bond donors (Lipinski definition) is 2. The lowest BCUT2D eigenvalue weighted by Crippen LogP contribution is -2.42. The summed E-state index contributed by atoms with van der Waals surface area (Å²) in [7, 11) is 0. The molecule has 0 spiro atoms. The number of furan rings is 2. The Bertz CT molecular complexity index is 1270. The second kappa shape index (κ2) is 9.44. The maximum Gasteiger partial charge on any atom is 0.287 e. The van der Waals surface area contributed by atoms with Gasteiger partial charge in [0.25, 0.3) is 5.91 Å². The van der Waals surface area contributed by atoms with Gasteiger partial charge < -0.3 is 19.3 Å². The Morgan fingerprint density at radius 2 is 1.94 bits per heavy atom. The lowest BCUT2D eigenvalue weighted by molar-refractivity contribution is -0.0276. The summed E-state index contributed by atoms with van der Waals surface area (Å²) in [6.45, 7) is 2.75. The minimum absolute atomic E-state index is 0.216. The van der Waals surface area contributed by atoms with E-state index in [0.29, 0.717) is 31.4 Å². The SMILES string of the molecule is O=C(NCCc1cccc(F)c1)c1cc2cc(C3(O)CCN(Cc4ccoc4)CC3)ccc2o1. The number of halogens is 1. The van der Waals surface area contributed by atoms with Crippen molar-refractivity contribution in [2.24, 2.45) is 0 Å². The number of piperidine rings is 1. The topological polar surface area (TPSA) is 78.9 Å². The van der Waals surface area contributed by atoms with E-state index in [9.17, 15) is 14.3 Å². The Balaban J connectivity index is 1.21. The molecule has 3 heterocycles. The maximum absolute atomic E-state index is 13.3. The van der Waals surface area contributed by atoms with Crippen molar-refractivity contribution in [1.29, 1.82) is 0 Å². The van der Waals surface area contributed by atoms with Gasteiger partial charge in [0.15, 0.2) is 5.76 Å². The third-order valence-corrected chi connectivity index (χ3v) is 6.54. The standard InChI is InChI=1S/C27H27FN2O4/c28-23-3-1-2-19(14-23)6-10-29-26(31)25-16-21-15-22(4-5-24(21)34-25)27(32)8-11-30(12-9-27)17-20-7-13-33-18-20/h1-5,7,13-16,18,32H,6,8-12,17H2,(H,29,31). The summed E-state index contributed by atoms with van der Waals surface area (Å²) in [6, 6.07) is 15.6. The molecule has 0 radical (unpaired) electrons. The second-order valence-corrected chi connectivity index (χ2v) is 8.94. The zero-order chi connectivity index (χ0) is 23.5. The molecule has 6 nitrogen and oxygen atoms in total. The van der Waals surface area contributed by atoms with E-state index in [1.54, 1.807) is 24.7 Å². The van der Waals surface area contributed by atoms with Gasteiger partial charge in [-0.15, -0.1) is 0 Å². The Kier molecular flexibility index (Phi) is 6.22. The van der Waals surface area contributed by atoms with Crippen LogP contribution in [0.1, 0.15) is 40.1 Å². The zero-order valence-corrected chi connectivity index (χ0v) is 18.8. The Hall–Kier alpha value is -3.42. The van der Waals surface area contributed by atoms with Crippen LogP contribution in [0.15, 0.2) is 76.0 Å². The van der Waals surface area contributed by atoms with Crippen LogP contribution in [0.3, 0.4) is 0 Å². The number of benzene rings is 2. The highest BCUT2D eigenvalue weighted by Gasteiger charge is 2.34. The summed E-state index contributed by atoms with van der Waals surface area (Å²) in [4.78, 5) is 14.9. The summed E-state index contributed by atoms with van der Waals surface area (Å²) in [5.74, 6) is -0.393. The van der Waals surface area contributed by atoms with Crippen LogP contribution in [0, 0.1) is 5.82 Å². The fourth-order valence-corrected chi connectivity index (χ4v) is 4.56. The van der Waals surface area contributed by atoms with E-state index < -0.39 is 5.60 Å². The molecule has 1 fully saturated rings. The van der Waals surface area contributed by atoms with Crippen LogP contribution < -0.4 is 5.32 Å². The first-order chi connectivity index (χ1) is 16.5. The largest absolute Gasteiger partial charge is 0.472 e. The first-order valence-electron chi connectivity index (χ1n) is 11.5. The van der Waals surface area contributed by atoms with E-state index in [2.05, 4.69) is 10.2 Å². The van der Waals surface area contributed by atoms with Crippen LogP contribution in [0.2, 0.25) is 0 Å². The van der Waals surface area contributed by atoms with Crippen molar-refractivity contribution >= 4 is 16.9 Å². The van der Waals surface area contributed by atoms with Crippen LogP contribution in [0.4, 0.5) is 4.39 Å². The van der Waals surface area contributed by atoms with Gasteiger partial charge in [-0.05, 0) is 66.8 Å². The number of nitrogens with zero attached hydrogens (tertiary/aromatic N) is 1. The Labute approximate surface area is 197 Å². The molecule has 2 N–H and O–H groups in total. The number of carbonyl (C=O) groups excluding carboxylic acids is 1. The molecule has 0 atom stereocenters. The van der Waals surface area contributed by atoms with E-state index in [1.165, 1.54) is 12.1 Å². The molecule has 4 aromatic rings. The average molecular weight is 463 g/mol. The summed E-state index contributed by atoms with van der Waals surface area (Å²) in [6.07, 6.45) is 5.21. The molecule has 0 saturated carbocycles. The number of amides is 1. The normalized spacial score (nSPS) is 16.1. The molecule has 1 saturated heterocycles. The third-order valence-electron chi connectivity index (χ3n) is 6.54. The van der Waals surface area contributed by atoms with E-state index in [1.807, 2.05) is 30.3 Å². The number of likely N-dealkylation sites (tertiary alicyclic amines) is 1. The van der Waals surface area contributed by atoms with Gasteiger partial charge in [0, 0.05) is 37.1 Å². The molecule has 0 unspecified atom stereocenters. The quantitative estimate of drug-likeness (QED) is 0.419. The van der Waals surface area contributed by atoms with Crippen molar-refractivity contribution in [2.75, 3.05) is 19.6 Å². The molecule has 0 bridgehead atoms. The molecule has 34 heavy (non-hydrogen) atoms. The molecule has 5 rings (SSSR count). The summed E-state index contributed by atoms with van der Waals surface area (Å²) in [5, 5.41) is 14.9. The van der Waals surface area contributed by atoms with Gasteiger partial charge in [-0.2, -0.15) is 0 Å². The molecule has 1 aliphatic heterocycles. The minimum atomic E-state index is -0.911. The van der Waals surface area contributed by atoms with E-state index in [4.69, 9.17) is 8.83 Å². The number of aliphatic hydroxyl groups is 1. The fraction of sp³-hybridized carbons (Fsp3) is 0.296. The predicted octanol–water partition coefficient (Wildman–Crippen LogP) is 4.62. The number of fused-ring (bicyclic) bond motifs is 1. The molecule has 1 aliphatic rings. The van der Waals surface area contributed by atoms with Crippen molar-refractivity contribution in [2.45, 2.75) is 31.4 Å². The smallest absolute Gasteiger partial charge is 0.287 e. The predicted molar refractivity (Wildman–Crippen MR) is 126 cm³/mol. The lowest BCUT2D eigenvalue weighted by Gasteiger charge is -2.38. The maximum atomic E-state index is 13.3. The van der Waals surface area contributed by atoms with E-state index in [0.717, 1.165) is 41.7 Å². The molecule has 2 aromatic heterocycles. The average Bonchev–Trinajstić information content (AvgIpc) is 3.50. The van der Waals surface area contributed by atoms with Crippen molar-refractivity contribution in [3.8, 4) is 0 Å². The van der Waals surface area contributed by atoms with Crippen LogP contribution in [0.25, 0.3) is 11.0 Å². The summed E-state index contributed by atoms with van der Waals surface area (Å²) in [5.41, 5.74) is 2.47. The van der Waals surface area contributed by atoms with Crippen LogP contribution in [-0.2, 0) is 18.6 Å². The monoisotopic (exact) mass is 462 g/mol. The first kappa shape index (κ1) is 22.4. The Morgan fingerprint density at radius 3 is 2.71 bits per heavy atom. The van der Waals surface area contributed by atoms with Gasteiger partial charge in [0.2, 0.25) is 0 Å². The van der Waals surface area contributed by atoms with Crippen LogP contribution in [-0.4, -0.2) is 35.5 Å². The van der Waals surface area contributed by atoms with Crippen molar-refractivity contribution < 1.29 is 23.1 Å². The zero-order valence-electron chi connectivity index (χ0n) is 18.8. The molecule has 176 valence electrons. The van der Waals surface area contributed by atoms with Gasteiger partial charge >= 0.3 is 0 Å². The van der Waals surface area contributed by atoms with Crippen molar-refractivity contribution in [3.63, 3.8) is 0 Å². The lowest BCUT2D eigenvalue weighted by atomic mass is 9.84. The number of hydrogen-bond acceptors (Lipinski definition) is 5. The highest BCUT2D eigenvalue weighted by Crippen LogP contribution is 2.35. The fourth-order valence-electron chi connectivity index (χ4n) is 4.56. The van der Waals surface area contributed by atoms with Gasteiger partial charge in [-0.1, -0.05) is 18.2 Å². The number of nitrogens with one attached hydrogen (secondary N) is 1.